The molecule has 4 heteroatoms. The van der Waals surface area contributed by atoms with Crippen LogP contribution >= 0.6 is 0 Å². The van der Waals surface area contributed by atoms with Gasteiger partial charge in [-0.05, 0) is 36.5 Å². The highest BCUT2D eigenvalue weighted by molar-refractivity contribution is 7.86. The van der Waals surface area contributed by atoms with Crippen LogP contribution in [0.25, 0.3) is 0 Å². The van der Waals surface area contributed by atoms with Crippen LogP contribution in [-0.4, -0.2) is 15.0 Å². The summed E-state index contributed by atoms with van der Waals surface area (Å²) in [6.45, 7) is 6.95. The van der Waals surface area contributed by atoms with Crippen molar-refractivity contribution in [1.82, 2.24) is 0 Å². The Morgan fingerprint density at radius 2 is 1.52 bits per heavy atom. The van der Waals surface area contributed by atoms with E-state index in [1.165, 1.54) is 51.4 Å². The van der Waals surface area contributed by atoms with Gasteiger partial charge < -0.3 is 0 Å². The van der Waals surface area contributed by atoms with Gasteiger partial charge in [-0.25, -0.2) is 0 Å². The van der Waals surface area contributed by atoms with Gasteiger partial charge in [-0.15, -0.1) is 0 Å². The summed E-state index contributed by atoms with van der Waals surface area (Å²) in [5.74, 6) is 0.573. The van der Waals surface area contributed by atoms with Crippen LogP contribution in [0.1, 0.15) is 97.0 Å². The molecule has 0 aliphatic rings. The van der Waals surface area contributed by atoms with Crippen LogP contribution in [0, 0.1) is 5.92 Å². The van der Waals surface area contributed by atoms with E-state index in [1.807, 2.05) is 12.1 Å². The molecule has 0 heterocycles. The van der Waals surface area contributed by atoms with Crippen LogP contribution in [0.5, 0.6) is 0 Å². The number of rotatable bonds is 16. The molecule has 1 atom stereocenters. The third-order valence-corrected chi connectivity index (χ3v) is 6.37. The monoisotopic (exact) mass is 396 g/mol. The lowest BCUT2D eigenvalue weighted by molar-refractivity contribution is 0.306. The van der Waals surface area contributed by atoms with Crippen LogP contribution in [0.2, 0.25) is 0 Å². The van der Waals surface area contributed by atoms with Crippen molar-refractivity contribution in [3.05, 3.63) is 29.8 Å². The van der Waals surface area contributed by atoms with Gasteiger partial charge in [0.15, 0.2) is 0 Å². The van der Waals surface area contributed by atoms with Crippen LogP contribution in [0.4, 0.5) is 0 Å². The smallest absolute Gasteiger partial charge is 0.266 e. The van der Waals surface area contributed by atoms with Gasteiger partial charge >= 0.3 is 0 Å². The maximum Gasteiger partial charge on any atom is 0.296 e. The Morgan fingerprint density at radius 3 is 2.22 bits per heavy atom. The summed E-state index contributed by atoms with van der Waals surface area (Å²) in [6.07, 6.45) is 13.9. The third kappa shape index (κ3) is 10.9. The molecule has 0 aromatic heterocycles. The summed E-state index contributed by atoms with van der Waals surface area (Å²) in [4.78, 5) is 0.296. The normalized spacial score (nSPS) is 13.0. The minimum Gasteiger partial charge on any atom is -0.266 e. The van der Waals surface area contributed by atoms with E-state index >= 15 is 0 Å². The molecular formula is C23H40O3S. The Bertz CT molecular complexity index is 595. The van der Waals surface area contributed by atoms with Crippen molar-refractivity contribution in [2.45, 2.75) is 103 Å². The zero-order valence-electron chi connectivity index (χ0n) is 17.7. The molecule has 0 spiro atoms. The molecular weight excluding hydrogens is 356 g/mol. The lowest BCUT2D eigenvalue weighted by atomic mass is 9.95. The zero-order valence-corrected chi connectivity index (χ0v) is 18.5. The van der Waals surface area contributed by atoms with Gasteiger partial charge in [0.2, 0.25) is 0 Å². The Hall–Kier alpha value is -0.870. The molecule has 0 amide bonds. The van der Waals surface area contributed by atoms with E-state index in [0.717, 1.165) is 31.2 Å². The molecule has 0 saturated heterocycles. The second-order valence-electron chi connectivity index (χ2n) is 7.85. The molecule has 0 saturated carbocycles. The Labute approximate surface area is 168 Å². The zero-order chi connectivity index (χ0) is 20.0. The minimum atomic E-state index is -3.64. The fourth-order valence-electron chi connectivity index (χ4n) is 3.37. The first kappa shape index (κ1) is 24.2. The Balaban J connectivity index is 2.43. The minimum absolute atomic E-state index is 0.284. The maximum absolute atomic E-state index is 12.4. The molecule has 1 aromatic carbocycles. The first-order chi connectivity index (χ1) is 13.0. The first-order valence-corrected chi connectivity index (χ1v) is 12.4. The van der Waals surface area contributed by atoms with Crippen molar-refractivity contribution in [3.63, 3.8) is 0 Å². The average molecular weight is 397 g/mol. The topological polar surface area (TPSA) is 43.4 Å². The van der Waals surface area contributed by atoms with Crippen LogP contribution in [-0.2, 0) is 20.7 Å². The molecule has 0 aliphatic carbocycles. The van der Waals surface area contributed by atoms with E-state index < -0.39 is 10.1 Å². The van der Waals surface area contributed by atoms with E-state index in [2.05, 4.69) is 20.8 Å². The fourth-order valence-corrected chi connectivity index (χ4v) is 4.39. The lowest BCUT2D eigenvalue weighted by Gasteiger charge is -2.12. The lowest BCUT2D eigenvalue weighted by Crippen LogP contribution is -2.09. The number of unbranched alkanes of at least 4 members (excludes halogenated alkanes) is 8. The average Bonchev–Trinajstić information content (AvgIpc) is 2.65. The first-order valence-electron chi connectivity index (χ1n) is 11.0. The summed E-state index contributed by atoms with van der Waals surface area (Å²) in [7, 11) is -3.64. The van der Waals surface area contributed by atoms with Gasteiger partial charge in [0.1, 0.15) is 0 Å². The van der Waals surface area contributed by atoms with Gasteiger partial charge in [0, 0.05) is 0 Å². The van der Waals surface area contributed by atoms with Gasteiger partial charge in [-0.2, -0.15) is 8.42 Å². The second-order valence-corrected chi connectivity index (χ2v) is 9.47. The molecule has 0 N–H and O–H groups in total. The maximum atomic E-state index is 12.4. The highest BCUT2D eigenvalue weighted by Gasteiger charge is 2.16. The molecule has 0 fully saturated rings. The molecule has 1 aromatic rings. The molecule has 3 nitrogen and oxygen atoms in total. The van der Waals surface area contributed by atoms with Crippen molar-refractivity contribution in [2.24, 2.45) is 5.92 Å². The van der Waals surface area contributed by atoms with Crippen molar-refractivity contribution >= 4 is 10.1 Å². The van der Waals surface area contributed by atoms with Gasteiger partial charge in [-0.1, -0.05) is 97.1 Å². The highest BCUT2D eigenvalue weighted by atomic mass is 32.2. The predicted octanol–water partition coefficient (Wildman–Crippen LogP) is 6.90. The highest BCUT2D eigenvalue weighted by Crippen LogP contribution is 2.20. The predicted molar refractivity (Wildman–Crippen MR) is 115 cm³/mol. The molecule has 1 unspecified atom stereocenters. The summed E-state index contributed by atoms with van der Waals surface area (Å²) in [5.41, 5.74) is 1.09. The van der Waals surface area contributed by atoms with E-state index in [1.54, 1.807) is 12.1 Å². The largest absolute Gasteiger partial charge is 0.296 e. The van der Waals surface area contributed by atoms with E-state index in [9.17, 15) is 8.42 Å². The van der Waals surface area contributed by atoms with Gasteiger partial charge in [0.05, 0.1) is 11.5 Å². The second kappa shape index (κ2) is 14.2. The molecule has 156 valence electrons. The SMILES string of the molecule is CCCCCCCCOS(=O)(=O)c1cccc(CC(C)CCCCCC)c1. The summed E-state index contributed by atoms with van der Waals surface area (Å²) >= 11 is 0. The summed E-state index contributed by atoms with van der Waals surface area (Å²) < 4.78 is 30.1. The van der Waals surface area contributed by atoms with Crippen molar-refractivity contribution in [3.8, 4) is 0 Å². The van der Waals surface area contributed by atoms with Crippen LogP contribution in [0.15, 0.2) is 29.2 Å². The Kier molecular flexibility index (Phi) is 12.7. The standard InChI is InChI=1S/C23H40O3S/c1-4-6-8-10-11-13-18-26-27(24,25)23-17-14-16-22(20-23)19-21(3)15-12-9-7-5-2/h14,16-17,20-21H,4-13,15,18-19H2,1-3H3. The molecule has 1 rings (SSSR count). The van der Waals surface area contributed by atoms with E-state index in [4.69, 9.17) is 4.18 Å². The molecule has 0 bridgehead atoms. The van der Waals surface area contributed by atoms with Crippen molar-refractivity contribution < 1.29 is 12.6 Å². The van der Waals surface area contributed by atoms with Crippen LogP contribution in [0.3, 0.4) is 0 Å². The Morgan fingerprint density at radius 1 is 0.889 bits per heavy atom. The van der Waals surface area contributed by atoms with Crippen molar-refractivity contribution in [2.75, 3.05) is 6.61 Å². The number of hydrogen-bond donors (Lipinski definition) is 0. The summed E-state index contributed by atoms with van der Waals surface area (Å²) in [5, 5.41) is 0. The molecule has 27 heavy (non-hydrogen) atoms. The third-order valence-electron chi connectivity index (χ3n) is 5.06. The van der Waals surface area contributed by atoms with Crippen LogP contribution < -0.4 is 0 Å². The number of benzene rings is 1. The van der Waals surface area contributed by atoms with E-state index in [-0.39, 0.29) is 6.61 Å². The quantitative estimate of drug-likeness (QED) is 0.225. The summed E-state index contributed by atoms with van der Waals surface area (Å²) in [6, 6.07) is 7.29. The fraction of sp³-hybridized carbons (Fsp3) is 0.739. The van der Waals surface area contributed by atoms with Crippen molar-refractivity contribution in [1.29, 1.82) is 0 Å². The van der Waals surface area contributed by atoms with E-state index in [0.29, 0.717) is 10.8 Å². The van der Waals surface area contributed by atoms with Gasteiger partial charge in [0.25, 0.3) is 10.1 Å². The molecule has 0 radical (unpaired) electrons. The number of hydrogen-bond acceptors (Lipinski definition) is 3. The molecule has 0 aliphatic heterocycles. The van der Waals surface area contributed by atoms with Gasteiger partial charge in [-0.3, -0.25) is 4.18 Å².